The van der Waals surface area contributed by atoms with Gasteiger partial charge in [-0.1, -0.05) is 12.5 Å². The van der Waals surface area contributed by atoms with Crippen molar-refractivity contribution < 1.29 is 4.79 Å². The molecule has 0 aliphatic heterocycles. The number of nitrogens with zero attached hydrogens (tertiary/aromatic N) is 2. The molecule has 1 aromatic carbocycles. The van der Waals surface area contributed by atoms with Gasteiger partial charge < -0.3 is 11.1 Å². The predicted octanol–water partition coefficient (Wildman–Crippen LogP) is 2.39. The fraction of sp³-hybridized carbons (Fsp3) is 0.438. The van der Waals surface area contributed by atoms with E-state index in [1.54, 1.807) is 0 Å². The van der Waals surface area contributed by atoms with Gasteiger partial charge in [-0.05, 0) is 44.4 Å². The molecule has 1 amide bonds. The molecule has 1 aromatic heterocycles. The molecule has 3 rings (SSSR count). The molecule has 3 N–H and O–H groups in total. The van der Waals surface area contributed by atoms with Crippen LogP contribution in [0.2, 0.25) is 0 Å². The summed E-state index contributed by atoms with van der Waals surface area (Å²) in [6, 6.07) is 7.78. The molecule has 1 heterocycles. The summed E-state index contributed by atoms with van der Waals surface area (Å²) in [6.45, 7) is 1.89. The lowest BCUT2D eigenvalue weighted by molar-refractivity contribution is -0.120. The van der Waals surface area contributed by atoms with Crippen LogP contribution in [0.25, 0.3) is 10.9 Å². The van der Waals surface area contributed by atoms with Crippen LogP contribution in [0.3, 0.4) is 0 Å². The number of amides is 1. The van der Waals surface area contributed by atoms with E-state index in [1.807, 2.05) is 31.2 Å². The zero-order chi connectivity index (χ0) is 14.8. The van der Waals surface area contributed by atoms with Crippen LogP contribution in [0.5, 0.6) is 0 Å². The molecule has 21 heavy (non-hydrogen) atoms. The second-order valence-electron chi connectivity index (χ2n) is 5.84. The van der Waals surface area contributed by atoms with E-state index < -0.39 is 0 Å². The maximum absolute atomic E-state index is 12.4. The summed E-state index contributed by atoms with van der Waals surface area (Å²) < 4.78 is 0. The molecule has 2 aromatic rings. The molecule has 110 valence electrons. The van der Waals surface area contributed by atoms with Gasteiger partial charge in [-0.3, -0.25) is 4.79 Å². The standard InChI is InChI=1S/C16H20N4O/c1-10-8-13-14(6-3-7-15(13)20-19-10)18-16(21)11-4-2-5-12(17)9-11/h3,6-8,11-12H,2,4-5,9,17H2,1H3,(H,18,21)/t11-,12-/m1/s1. The Morgan fingerprint density at radius 1 is 1.33 bits per heavy atom. The lowest BCUT2D eigenvalue weighted by Crippen LogP contribution is -2.34. The highest BCUT2D eigenvalue weighted by Crippen LogP contribution is 2.27. The number of aryl methyl sites for hydroxylation is 1. The average molecular weight is 284 g/mol. The number of carbonyl (C=O) groups is 1. The van der Waals surface area contributed by atoms with E-state index >= 15 is 0 Å². The highest BCUT2D eigenvalue weighted by atomic mass is 16.1. The first-order valence-electron chi connectivity index (χ1n) is 7.43. The summed E-state index contributed by atoms with van der Waals surface area (Å²) in [6.07, 6.45) is 3.74. The van der Waals surface area contributed by atoms with Crippen LogP contribution in [0, 0.1) is 12.8 Å². The van der Waals surface area contributed by atoms with Crippen molar-refractivity contribution in [3.05, 3.63) is 30.0 Å². The summed E-state index contributed by atoms with van der Waals surface area (Å²) in [4.78, 5) is 12.4. The topological polar surface area (TPSA) is 80.9 Å². The van der Waals surface area contributed by atoms with E-state index in [-0.39, 0.29) is 17.9 Å². The fourth-order valence-electron chi connectivity index (χ4n) is 2.97. The van der Waals surface area contributed by atoms with Crippen LogP contribution < -0.4 is 11.1 Å². The molecule has 0 bridgehead atoms. The number of hydrogen-bond acceptors (Lipinski definition) is 4. The zero-order valence-electron chi connectivity index (χ0n) is 12.2. The van der Waals surface area contributed by atoms with Gasteiger partial charge in [0.2, 0.25) is 5.91 Å². The molecule has 0 radical (unpaired) electrons. The molecule has 0 unspecified atom stereocenters. The average Bonchev–Trinajstić information content (AvgIpc) is 2.48. The summed E-state index contributed by atoms with van der Waals surface area (Å²) in [5.74, 6) is 0.0759. The molecule has 0 spiro atoms. The summed E-state index contributed by atoms with van der Waals surface area (Å²) in [5, 5.41) is 12.2. The Morgan fingerprint density at radius 3 is 3.00 bits per heavy atom. The van der Waals surface area contributed by atoms with E-state index in [9.17, 15) is 4.79 Å². The number of benzene rings is 1. The minimum Gasteiger partial charge on any atom is -0.328 e. The maximum atomic E-state index is 12.4. The molecule has 2 atom stereocenters. The van der Waals surface area contributed by atoms with Crippen LogP contribution in [-0.4, -0.2) is 22.1 Å². The molecular formula is C16H20N4O. The molecule has 1 saturated carbocycles. The van der Waals surface area contributed by atoms with Gasteiger partial charge in [0.15, 0.2) is 0 Å². The molecule has 5 heteroatoms. The van der Waals surface area contributed by atoms with Crippen LogP contribution in [0.15, 0.2) is 24.3 Å². The smallest absolute Gasteiger partial charge is 0.227 e. The Kier molecular flexibility index (Phi) is 3.84. The minimum atomic E-state index is 0.0138. The van der Waals surface area contributed by atoms with Gasteiger partial charge in [-0.15, -0.1) is 0 Å². The number of anilines is 1. The Bertz CT molecular complexity index is 670. The van der Waals surface area contributed by atoms with E-state index in [0.29, 0.717) is 0 Å². The van der Waals surface area contributed by atoms with E-state index in [4.69, 9.17) is 5.73 Å². The van der Waals surface area contributed by atoms with Crippen LogP contribution in [0.4, 0.5) is 5.69 Å². The lowest BCUT2D eigenvalue weighted by Gasteiger charge is -2.25. The number of carbonyl (C=O) groups excluding carboxylic acids is 1. The van der Waals surface area contributed by atoms with E-state index in [0.717, 1.165) is 48.0 Å². The van der Waals surface area contributed by atoms with Crippen LogP contribution >= 0.6 is 0 Å². The number of fused-ring (bicyclic) bond motifs is 1. The van der Waals surface area contributed by atoms with Crippen LogP contribution in [0.1, 0.15) is 31.4 Å². The second kappa shape index (κ2) is 5.77. The van der Waals surface area contributed by atoms with Crippen molar-refractivity contribution in [2.24, 2.45) is 11.7 Å². The van der Waals surface area contributed by atoms with Crippen molar-refractivity contribution in [3.8, 4) is 0 Å². The number of nitrogens with one attached hydrogen (secondary N) is 1. The summed E-state index contributed by atoms with van der Waals surface area (Å²) in [7, 11) is 0. The first-order chi connectivity index (χ1) is 10.1. The fourth-order valence-corrected chi connectivity index (χ4v) is 2.97. The number of nitrogens with two attached hydrogens (primary N) is 1. The van der Waals surface area contributed by atoms with Crippen LogP contribution in [-0.2, 0) is 4.79 Å². The highest BCUT2D eigenvalue weighted by Gasteiger charge is 2.25. The van der Waals surface area contributed by atoms with Crippen molar-refractivity contribution in [1.29, 1.82) is 0 Å². The summed E-state index contributed by atoms with van der Waals surface area (Å²) in [5.41, 5.74) is 8.40. The predicted molar refractivity (Wildman–Crippen MR) is 82.8 cm³/mol. The Balaban J connectivity index is 1.84. The van der Waals surface area contributed by atoms with Gasteiger partial charge in [0.1, 0.15) is 0 Å². The number of rotatable bonds is 2. The zero-order valence-corrected chi connectivity index (χ0v) is 12.2. The quantitative estimate of drug-likeness (QED) is 0.887. The van der Waals surface area contributed by atoms with Gasteiger partial charge in [-0.2, -0.15) is 10.2 Å². The van der Waals surface area contributed by atoms with Crippen molar-refractivity contribution in [2.75, 3.05) is 5.32 Å². The largest absolute Gasteiger partial charge is 0.328 e. The maximum Gasteiger partial charge on any atom is 0.227 e. The third-order valence-corrected chi connectivity index (χ3v) is 4.10. The van der Waals surface area contributed by atoms with E-state index in [1.165, 1.54) is 0 Å². The Morgan fingerprint density at radius 2 is 2.19 bits per heavy atom. The van der Waals surface area contributed by atoms with E-state index in [2.05, 4.69) is 15.5 Å². The molecule has 0 saturated heterocycles. The van der Waals surface area contributed by atoms with Gasteiger partial charge in [-0.25, -0.2) is 0 Å². The lowest BCUT2D eigenvalue weighted by atomic mass is 9.85. The molecular weight excluding hydrogens is 264 g/mol. The number of hydrogen-bond donors (Lipinski definition) is 2. The molecule has 1 fully saturated rings. The second-order valence-corrected chi connectivity index (χ2v) is 5.84. The van der Waals surface area contributed by atoms with Gasteiger partial charge >= 0.3 is 0 Å². The minimum absolute atomic E-state index is 0.0138. The van der Waals surface area contributed by atoms with Crippen molar-refractivity contribution in [1.82, 2.24) is 10.2 Å². The molecule has 5 nitrogen and oxygen atoms in total. The molecule has 1 aliphatic carbocycles. The summed E-state index contributed by atoms with van der Waals surface area (Å²) >= 11 is 0. The first-order valence-corrected chi connectivity index (χ1v) is 7.43. The third kappa shape index (κ3) is 3.03. The molecule has 1 aliphatic rings. The normalized spacial score (nSPS) is 22.2. The SMILES string of the molecule is Cc1cc2c(NC(=O)[C@@H]3CCC[C@@H](N)C3)cccc2nn1. The van der Waals surface area contributed by atoms with Crippen molar-refractivity contribution >= 4 is 22.5 Å². The van der Waals surface area contributed by atoms with Gasteiger partial charge in [0.25, 0.3) is 0 Å². The van der Waals surface area contributed by atoms with Crippen molar-refractivity contribution in [3.63, 3.8) is 0 Å². The Hall–Kier alpha value is -2.01. The highest BCUT2D eigenvalue weighted by molar-refractivity contribution is 6.01. The first kappa shape index (κ1) is 13.9. The van der Waals surface area contributed by atoms with Gasteiger partial charge in [0, 0.05) is 17.3 Å². The van der Waals surface area contributed by atoms with Crippen molar-refractivity contribution in [2.45, 2.75) is 38.6 Å². The monoisotopic (exact) mass is 284 g/mol. The number of aromatic nitrogens is 2. The Labute approximate surface area is 123 Å². The van der Waals surface area contributed by atoms with Gasteiger partial charge in [0.05, 0.1) is 16.9 Å². The third-order valence-electron chi connectivity index (χ3n) is 4.10.